The van der Waals surface area contributed by atoms with Gasteiger partial charge in [0.15, 0.2) is 0 Å². The predicted molar refractivity (Wildman–Crippen MR) is 37.4 cm³/mol. The average Bonchev–Trinajstić information content (AvgIpc) is 1.95. The van der Waals surface area contributed by atoms with Crippen LogP contribution in [0.3, 0.4) is 0 Å². The van der Waals surface area contributed by atoms with E-state index >= 15 is 0 Å². The van der Waals surface area contributed by atoms with Gasteiger partial charge in [0.1, 0.15) is 5.82 Å². The van der Waals surface area contributed by atoms with E-state index in [1.807, 2.05) is 0 Å². The first-order valence-corrected chi connectivity index (χ1v) is 3.01. The number of rotatable bonds is 2. The second kappa shape index (κ2) is 3.29. The number of nitrogens with two attached hydrogens (primary N) is 1. The molecule has 2 nitrogen and oxygen atoms in total. The molecule has 1 aromatic carbocycles. The Morgan fingerprint density at radius 3 is 2.40 bits per heavy atom. The zero-order valence-electron chi connectivity index (χ0n) is 5.47. The lowest BCUT2D eigenvalue weighted by Gasteiger charge is -1.97. The lowest BCUT2D eigenvalue weighted by molar-refractivity contribution is 0.625. The minimum atomic E-state index is -0.222. The molecular weight excluding hydrogens is 131 g/mol. The van der Waals surface area contributed by atoms with Gasteiger partial charge in [0, 0.05) is 6.54 Å². The number of hydrazine groups is 1. The minimum Gasteiger partial charge on any atom is -0.271 e. The molecule has 0 heterocycles. The smallest absolute Gasteiger partial charge is 0.123 e. The number of nitrogens with one attached hydrogen (secondary N) is 1. The Hall–Kier alpha value is -0.930. The summed E-state index contributed by atoms with van der Waals surface area (Å²) in [7, 11) is 0. The number of hydrogen-bond acceptors (Lipinski definition) is 2. The van der Waals surface area contributed by atoms with Gasteiger partial charge in [-0.25, -0.2) is 4.39 Å². The monoisotopic (exact) mass is 140 g/mol. The van der Waals surface area contributed by atoms with Gasteiger partial charge in [-0.05, 0) is 17.7 Å². The average molecular weight is 140 g/mol. The van der Waals surface area contributed by atoms with Gasteiger partial charge < -0.3 is 0 Å². The molecule has 0 aliphatic carbocycles. The zero-order chi connectivity index (χ0) is 7.40. The number of benzene rings is 1. The summed E-state index contributed by atoms with van der Waals surface area (Å²) in [5, 5.41) is 0. The lowest BCUT2D eigenvalue weighted by Crippen LogP contribution is -2.20. The fraction of sp³-hybridized carbons (Fsp3) is 0.143. The fourth-order valence-electron chi connectivity index (χ4n) is 0.720. The third-order valence-corrected chi connectivity index (χ3v) is 1.22. The van der Waals surface area contributed by atoms with E-state index < -0.39 is 0 Å². The van der Waals surface area contributed by atoms with Crippen LogP contribution in [0.5, 0.6) is 0 Å². The Bertz CT molecular complexity index is 195. The maximum absolute atomic E-state index is 12.3. The first kappa shape index (κ1) is 7.18. The lowest BCUT2D eigenvalue weighted by atomic mass is 10.2. The van der Waals surface area contributed by atoms with Crippen molar-refractivity contribution in [3.05, 3.63) is 35.6 Å². The molecular formula is C7H9FN2. The summed E-state index contributed by atoms with van der Waals surface area (Å²) in [6.07, 6.45) is 0. The molecule has 54 valence electrons. The van der Waals surface area contributed by atoms with Crippen molar-refractivity contribution in [1.82, 2.24) is 5.43 Å². The van der Waals surface area contributed by atoms with Crippen LogP contribution >= 0.6 is 0 Å². The van der Waals surface area contributed by atoms with Crippen LogP contribution in [-0.2, 0) is 6.54 Å². The standard InChI is InChI=1S/C7H9FN2/c8-7-3-1-6(2-4-7)5-10-9/h1-4,10H,5,9H2. The molecule has 0 atom stereocenters. The molecule has 0 spiro atoms. The Balaban J connectivity index is 2.69. The van der Waals surface area contributed by atoms with Crippen LogP contribution < -0.4 is 11.3 Å². The second-order valence-electron chi connectivity index (χ2n) is 2.01. The molecule has 10 heavy (non-hydrogen) atoms. The minimum absolute atomic E-state index is 0.222. The molecule has 0 aliphatic rings. The maximum atomic E-state index is 12.3. The van der Waals surface area contributed by atoms with E-state index in [1.165, 1.54) is 12.1 Å². The molecule has 0 radical (unpaired) electrons. The van der Waals surface area contributed by atoms with Crippen LogP contribution in [0, 0.1) is 5.82 Å². The van der Waals surface area contributed by atoms with Crippen molar-refractivity contribution in [2.75, 3.05) is 0 Å². The van der Waals surface area contributed by atoms with Crippen LogP contribution in [0.1, 0.15) is 5.56 Å². The Morgan fingerprint density at radius 1 is 1.30 bits per heavy atom. The third-order valence-electron chi connectivity index (χ3n) is 1.22. The van der Waals surface area contributed by atoms with Gasteiger partial charge in [-0.1, -0.05) is 12.1 Å². The van der Waals surface area contributed by atoms with E-state index in [0.717, 1.165) is 5.56 Å². The van der Waals surface area contributed by atoms with Crippen LogP contribution in [0.4, 0.5) is 4.39 Å². The first-order chi connectivity index (χ1) is 4.83. The molecule has 0 bridgehead atoms. The summed E-state index contributed by atoms with van der Waals surface area (Å²) < 4.78 is 12.3. The molecule has 3 N–H and O–H groups in total. The summed E-state index contributed by atoms with van der Waals surface area (Å²) in [5.41, 5.74) is 3.46. The highest BCUT2D eigenvalue weighted by Crippen LogP contribution is 2.00. The Labute approximate surface area is 58.8 Å². The normalized spacial score (nSPS) is 9.80. The van der Waals surface area contributed by atoms with E-state index in [0.29, 0.717) is 6.54 Å². The molecule has 0 aromatic heterocycles. The van der Waals surface area contributed by atoms with Crippen molar-refractivity contribution in [2.45, 2.75) is 6.54 Å². The topological polar surface area (TPSA) is 38.0 Å². The van der Waals surface area contributed by atoms with E-state index in [1.54, 1.807) is 12.1 Å². The molecule has 0 fully saturated rings. The SMILES string of the molecule is NNCc1ccc(F)cc1. The summed E-state index contributed by atoms with van der Waals surface area (Å²) in [5.74, 6) is 4.83. The van der Waals surface area contributed by atoms with Gasteiger partial charge in [-0.15, -0.1) is 0 Å². The zero-order valence-corrected chi connectivity index (χ0v) is 5.47. The highest BCUT2D eigenvalue weighted by molar-refractivity contribution is 5.15. The Morgan fingerprint density at radius 2 is 1.90 bits per heavy atom. The predicted octanol–water partition coefficient (Wildman–Crippen LogP) is 0.789. The molecule has 0 unspecified atom stereocenters. The summed E-state index contributed by atoms with van der Waals surface area (Å²) in [6, 6.07) is 6.20. The largest absolute Gasteiger partial charge is 0.271 e. The second-order valence-corrected chi connectivity index (χ2v) is 2.01. The molecule has 0 saturated heterocycles. The summed E-state index contributed by atoms with van der Waals surface area (Å²) in [4.78, 5) is 0. The number of hydrogen-bond donors (Lipinski definition) is 2. The van der Waals surface area contributed by atoms with E-state index in [4.69, 9.17) is 5.84 Å². The van der Waals surface area contributed by atoms with E-state index in [-0.39, 0.29) is 5.82 Å². The van der Waals surface area contributed by atoms with Gasteiger partial charge in [0.25, 0.3) is 0 Å². The molecule has 0 aliphatic heterocycles. The van der Waals surface area contributed by atoms with Crippen molar-refractivity contribution in [3.8, 4) is 0 Å². The van der Waals surface area contributed by atoms with Crippen molar-refractivity contribution in [1.29, 1.82) is 0 Å². The van der Waals surface area contributed by atoms with Gasteiger partial charge in [0.2, 0.25) is 0 Å². The first-order valence-electron chi connectivity index (χ1n) is 3.01. The van der Waals surface area contributed by atoms with Gasteiger partial charge in [0.05, 0.1) is 0 Å². The molecule has 0 amide bonds. The van der Waals surface area contributed by atoms with Gasteiger partial charge in [-0.3, -0.25) is 11.3 Å². The van der Waals surface area contributed by atoms with Crippen LogP contribution in [0.2, 0.25) is 0 Å². The molecule has 1 aromatic rings. The highest BCUT2D eigenvalue weighted by atomic mass is 19.1. The van der Waals surface area contributed by atoms with E-state index in [2.05, 4.69) is 5.43 Å². The Kier molecular flexibility index (Phi) is 2.36. The molecule has 3 heteroatoms. The third kappa shape index (κ3) is 1.79. The van der Waals surface area contributed by atoms with Crippen LogP contribution in [-0.4, -0.2) is 0 Å². The maximum Gasteiger partial charge on any atom is 0.123 e. The quantitative estimate of drug-likeness (QED) is 0.470. The number of halogens is 1. The van der Waals surface area contributed by atoms with Crippen LogP contribution in [0.15, 0.2) is 24.3 Å². The summed E-state index contributed by atoms with van der Waals surface area (Å²) >= 11 is 0. The molecule has 1 rings (SSSR count). The van der Waals surface area contributed by atoms with Crippen molar-refractivity contribution in [3.63, 3.8) is 0 Å². The van der Waals surface area contributed by atoms with Crippen molar-refractivity contribution >= 4 is 0 Å². The van der Waals surface area contributed by atoms with Crippen molar-refractivity contribution < 1.29 is 4.39 Å². The van der Waals surface area contributed by atoms with Crippen molar-refractivity contribution in [2.24, 2.45) is 5.84 Å². The van der Waals surface area contributed by atoms with Crippen LogP contribution in [0.25, 0.3) is 0 Å². The highest BCUT2D eigenvalue weighted by Gasteiger charge is 1.89. The van der Waals surface area contributed by atoms with E-state index in [9.17, 15) is 4.39 Å². The van der Waals surface area contributed by atoms with Gasteiger partial charge >= 0.3 is 0 Å². The summed E-state index contributed by atoms with van der Waals surface area (Å²) in [6.45, 7) is 0.570. The fourth-order valence-corrected chi connectivity index (χ4v) is 0.720. The van der Waals surface area contributed by atoms with Gasteiger partial charge in [-0.2, -0.15) is 0 Å². The molecule has 0 saturated carbocycles.